The zero-order valence-corrected chi connectivity index (χ0v) is 13.7. The van der Waals surface area contributed by atoms with Gasteiger partial charge in [0.25, 0.3) is 0 Å². The molecular weight excluding hydrogens is 282 g/mol. The second kappa shape index (κ2) is 6.88. The molecule has 0 N–H and O–H groups in total. The molecule has 0 bridgehead atoms. The van der Waals surface area contributed by atoms with Crippen LogP contribution in [0.3, 0.4) is 0 Å². The monoisotopic (exact) mass is 307 g/mol. The molecule has 116 valence electrons. The molecule has 2 fully saturated rings. The highest BCUT2D eigenvalue weighted by atomic mass is 32.1. The second-order valence-electron chi connectivity index (χ2n) is 6.36. The number of thiazole rings is 1. The lowest BCUT2D eigenvalue weighted by Crippen LogP contribution is -2.36. The minimum atomic E-state index is 0.393. The Hall–Kier alpha value is -0.940. The highest BCUT2D eigenvalue weighted by Crippen LogP contribution is 2.24. The predicted molar refractivity (Wildman–Crippen MR) is 85.3 cm³/mol. The Morgan fingerprint density at radius 1 is 1.29 bits per heavy atom. The summed E-state index contributed by atoms with van der Waals surface area (Å²) in [5, 5.41) is 1.15. The molecule has 0 saturated carbocycles. The molecule has 0 atom stereocenters. The van der Waals surface area contributed by atoms with Gasteiger partial charge in [0.15, 0.2) is 0 Å². The van der Waals surface area contributed by atoms with Crippen molar-refractivity contribution in [1.29, 1.82) is 0 Å². The van der Waals surface area contributed by atoms with Crippen LogP contribution in [0, 0.1) is 12.8 Å². The highest BCUT2D eigenvalue weighted by molar-refractivity contribution is 7.11. The third-order valence-corrected chi connectivity index (χ3v) is 5.58. The normalized spacial score (nSPS) is 21.1. The van der Waals surface area contributed by atoms with Gasteiger partial charge in [0, 0.05) is 37.1 Å². The van der Waals surface area contributed by atoms with Gasteiger partial charge in [-0.2, -0.15) is 0 Å². The summed E-state index contributed by atoms with van der Waals surface area (Å²) < 4.78 is 0. The Balaban J connectivity index is 1.41. The number of rotatable bonds is 4. The van der Waals surface area contributed by atoms with Gasteiger partial charge in [0.2, 0.25) is 5.91 Å². The molecule has 2 aliphatic heterocycles. The summed E-state index contributed by atoms with van der Waals surface area (Å²) in [5.41, 5.74) is 0. The fraction of sp³-hybridized carbons (Fsp3) is 0.750. The summed E-state index contributed by atoms with van der Waals surface area (Å²) in [6, 6.07) is 0. The fourth-order valence-electron chi connectivity index (χ4n) is 3.39. The van der Waals surface area contributed by atoms with Crippen molar-refractivity contribution < 1.29 is 4.79 Å². The van der Waals surface area contributed by atoms with E-state index in [0.717, 1.165) is 57.0 Å². The number of carbonyl (C=O) groups excluding carboxylic acids is 1. The lowest BCUT2D eigenvalue weighted by Gasteiger charge is -2.32. The van der Waals surface area contributed by atoms with E-state index in [4.69, 9.17) is 0 Å². The quantitative estimate of drug-likeness (QED) is 0.858. The van der Waals surface area contributed by atoms with Crippen molar-refractivity contribution in [1.82, 2.24) is 14.8 Å². The largest absolute Gasteiger partial charge is 0.343 e. The van der Waals surface area contributed by atoms with Crippen molar-refractivity contribution in [3.63, 3.8) is 0 Å². The van der Waals surface area contributed by atoms with Gasteiger partial charge in [-0.05, 0) is 51.6 Å². The molecule has 0 aromatic carbocycles. The summed E-state index contributed by atoms with van der Waals surface area (Å²) >= 11 is 1.80. The molecule has 0 spiro atoms. The molecule has 0 unspecified atom stereocenters. The van der Waals surface area contributed by atoms with Crippen LogP contribution in [-0.2, 0) is 11.3 Å². The Morgan fingerprint density at radius 2 is 2.00 bits per heavy atom. The molecule has 1 amide bonds. The average Bonchev–Trinajstić information content (AvgIpc) is 3.13. The number of nitrogens with zero attached hydrogens (tertiary/aromatic N) is 3. The number of likely N-dealkylation sites (tertiary alicyclic amines) is 2. The van der Waals surface area contributed by atoms with Gasteiger partial charge in [-0.25, -0.2) is 4.98 Å². The number of hydrogen-bond donors (Lipinski definition) is 0. The maximum Gasteiger partial charge on any atom is 0.222 e. The fourth-order valence-corrected chi connectivity index (χ4v) is 4.23. The molecule has 1 aromatic rings. The van der Waals surface area contributed by atoms with Gasteiger partial charge in [-0.3, -0.25) is 9.69 Å². The van der Waals surface area contributed by atoms with Gasteiger partial charge in [0.05, 0.1) is 5.01 Å². The van der Waals surface area contributed by atoms with Gasteiger partial charge < -0.3 is 4.90 Å². The molecule has 0 radical (unpaired) electrons. The first-order valence-corrected chi connectivity index (χ1v) is 8.94. The average molecular weight is 307 g/mol. The third kappa shape index (κ3) is 4.04. The number of hydrogen-bond acceptors (Lipinski definition) is 4. The molecule has 1 aromatic heterocycles. The minimum Gasteiger partial charge on any atom is -0.343 e. The summed E-state index contributed by atoms with van der Waals surface area (Å²) in [5.74, 6) is 0.988. The maximum atomic E-state index is 12.2. The first-order chi connectivity index (χ1) is 10.2. The van der Waals surface area contributed by atoms with E-state index >= 15 is 0 Å². The van der Waals surface area contributed by atoms with Crippen LogP contribution in [-0.4, -0.2) is 46.9 Å². The molecule has 5 heteroatoms. The van der Waals surface area contributed by atoms with Crippen LogP contribution in [0.2, 0.25) is 0 Å². The van der Waals surface area contributed by atoms with E-state index in [-0.39, 0.29) is 0 Å². The lowest BCUT2D eigenvalue weighted by molar-refractivity contribution is -0.131. The van der Waals surface area contributed by atoms with Crippen LogP contribution in [0.1, 0.15) is 42.0 Å². The summed E-state index contributed by atoms with van der Waals surface area (Å²) in [4.78, 5) is 22.4. The number of aryl methyl sites for hydroxylation is 1. The third-order valence-electron chi connectivity index (χ3n) is 4.68. The lowest BCUT2D eigenvalue weighted by atomic mass is 9.93. The van der Waals surface area contributed by atoms with E-state index in [1.165, 1.54) is 17.7 Å². The number of aromatic nitrogens is 1. The maximum absolute atomic E-state index is 12.2. The minimum absolute atomic E-state index is 0.393. The van der Waals surface area contributed by atoms with Crippen LogP contribution in [0.5, 0.6) is 0 Å². The molecule has 3 rings (SSSR count). The number of carbonyl (C=O) groups is 1. The summed E-state index contributed by atoms with van der Waals surface area (Å²) in [6.07, 6.45) is 7.49. The van der Waals surface area contributed by atoms with E-state index in [0.29, 0.717) is 11.8 Å². The Morgan fingerprint density at radius 3 is 2.62 bits per heavy atom. The Labute approximate surface area is 131 Å². The van der Waals surface area contributed by atoms with E-state index in [1.807, 2.05) is 6.20 Å². The van der Waals surface area contributed by atoms with Crippen molar-refractivity contribution in [3.05, 3.63) is 16.1 Å². The summed E-state index contributed by atoms with van der Waals surface area (Å²) in [7, 11) is 0. The van der Waals surface area contributed by atoms with Crippen molar-refractivity contribution >= 4 is 17.2 Å². The molecule has 4 nitrogen and oxygen atoms in total. The second-order valence-corrected chi connectivity index (χ2v) is 7.68. The smallest absolute Gasteiger partial charge is 0.222 e. The SMILES string of the molecule is Cc1ncc(CN2CCC(CC(=O)N3CCCC3)CC2)s1. The van der Waals surface area contributed by atoms with Crippen molar-refractivity contribution in [3.8, 4) is 0 Å². The van der Waals surface area contributed by atoms with Crippen molar-refractivity contribution in [2.24, 2.45) is 5.92 Å². The van der Waals surface area contributed by atoms with Crippen LogP contribution in [0.15, 0.2) is 6.20 Å². The Kier molecular flexibility index (Phi) is 4.91. The van der Waals surface area contributed by atoms with Gasteiger partial charge in [0.1, 0.15) is 0 Å². The van der Waals surface area contributed by atoms with E-state index < -0.39 is 0 Å². The van der Waals surface area contributed by atoms with Gasteiger partial charge in [-0.1, -0.05) is 0 Å². The summed E-state index contributed by atoms with van der Waals surface area (Å²) in [6.45, 7) is 7.30. The van der Waals surface area contributed by atoms with Crippen LogP contribution >= 0.6 is 11.3 Å². The first-order valence-electron chi connectivity index (χ1n) is 8.12. The predicted octanol–water partition coefficient (Wildman–Crippen LogP) is 2.68. The topological polar surface area (TPSA) is 36.4 Å². The van der Waals surface area contributed by atoms with Crippen LogP contribution in [0.4, 0.5) is 0 Å². The highest BCUT2D eigenvalue weighted by Gasteiger charge is 2.25. The van der Waals surface area contributed by atoms with Gasteiger partial charge in [-0.15, -0.1) is 11.3 Å². The molecule has 21 heavy (non-hydrogen) atoms. The first kappa shape index (κ1) is 15.0. The van der Waals surface area contributed by atoms with E-state index in [1.54, 1.807) is 11.3 Å². The molecular formula is C16H25N3OS. The number of amides is 1. The molecule has 2 aliphatic rings. The molecule has 2 saturated heterocycles. The van der Waals surface area contributed by atoms with Crippen LogP contribution in [0.25, 0.3) is 0 Å². The number of piperidine rings is 1. The van der Waals surface area contributed by atoms with E-state index in [2.05, 4.69) is 21.7 Å². The zero-order valence-electron chi connectivity index (χ0n) is 12.9. The van der Waals surface area contributed by atoms with E-state index in [9.17, 15) is 4.79 Å². The van der Waals surface area contributed by atoms with Gasteiger partial charge >= 0.3 is 0 Å². The van der Waals surface area contributed by atoms with Crippen molar-refractivity contribution in [2.75, 3.05) is 26.2 Å². The molecule has 3 heterocycles. The standard InChI is InChI=1S/C16H25N3OS/c1-13-17-11-15(21-13)12-18-8-4-14(5-9-18)10-16(20)19-6-2-3-7-19/h11,14H,2-10,12H2,1H3. The van der Waals surface area contributed by atoms with Crippen molar-refractivity contribution in [2.45, 2.75) is 45.6 Å². The Bertz CT molecular complexity index is 474. The van der Waals surface area contributed by atoms with Crippen LogP contribution < -0.4 is 0 Å². The molecule has 0 aliphatic carbocycles. The zero-order chi connectivity index (χ0) is 14.7.